The Kier molecular flexibility index (Phi) is 2.16. The van der Waals surface area contributed by atoms with E-state index >= 15 is 0 Å². The van der Waals surface area contributed by atoms with Gasteiger partial charge < -0.3 is 5.32 Å². The van der Waals surface area contributed by atoms with Crippen LogP contribution in [-0.4, -0.2) is 28.7 Å². The van der Waals surface area contributed by atoms with Crippen LogP contribution in [0, 0.1) is 0 Å². The highest BCUT2D eigenvalue weighted by atomic mass is 32.2. The molecule has 2 heterocycles. The molecule has 0 aromatic rings. The van der Waals surface area contributed by atoms with E-state index in [0.717, 1.165) is 0 Å². The molecule has 0 unspecified atom stereocenters. The first kappa shape index (κ1) is 7.32. The fourth-order valence-corrected chi connectivity index (χ4v) is 4.82. The molecule has 2 fully saturated rings. The first-order valence-corrected chi connectivity index (χ1v) is 5.87. The Labute approximate surface area is 70.7 Å². The molecular weight excluding hydrogens is 162 g/mol. The lowest BCUT2D eigenvalue weighted by Crippen LogP contribution is -2.35. The molecule has 10 heavy (non-hydrogen) atoms. The van der Waals surface area contributed by atoms with Gasteiger partial charge in [0, 0.05) is 11.5 Å². The van der Waals surface area contributed by atoms with Gasteiger partial charge in [-0.25, -0.2) is 0 Å². The SMILES string of the molecule is C1CC2(CCN1)SCCS2. The van der Waals surface area contributed by atoms with Gasteiger partial charge in [0.05, 0.1) is 4.08 Å². The van der Waals surface area contributed by atoms with E-state index in [-0.39, 0.29) is 0 Å². The van der Waals surface area contributed by atoms with Crippen molar-refractivity contribution >= 4 is 23.5 Å². The van der Waals surface area contributed by atoms with E-state index in [0.29, 0.717) is 4.08 Å². The summed E-state index contributed by atoms with van der Waals surface area (Å²) in [5.41, 5.74) is 0. The summed E-state index contributed by atoms with van der Waals surface area (Å²) in [6.45, 7) is 2.47. The largest absolute Gasteiger partial charge is 0.317 e. The highest BCUT2D eigenvalue weighted by Gasteiger charge is 2.36. The van der Waals surface area contributed by atoms with Gasteiger partial charge in [-0.2, -0.15) is 0 Å². The molecule has 0 radical (unpaired) electrons. The highest BCUT2D eigenvalue weighted by molar-refractivity contribution is 8.21. The van der Waals surface area contributed by atoms with Gasteiger partial charge in [-0.3, -0.25) is 0 Å². The van der Waals surface area contributed by atoms with E-state index in [1.54, 1.807) is 0 Å². The first-order valence-electron chi connectivity index (χ1n) is 3.90. The summed E-state index contributed by atoms with van der Waals surface area (Å²) in [4.78, 5) is 0. The monoisotopic (exact) mass is 175 g/mol. The number of hydrogen-bond donors (Lipinski definition) is 1. The van der Waals surface area contributed by atoms with Crippen molar-refractivity contribution in [2.24, 2.45) is 0 Å². The van der Waals surface area contributed by atoms with Crippen LogP contribution < -0.4 is 5.32 Å². The standard InChI is InChI=1S/C7H13NS2/c1-3-8-4-2-7(1)9-5-6-10-7/h8H,1-6H2. The molecule has 0 aromatic heterocycles. The van der Waals surface area contributed by atoms with Crippen molar-refractivity contribution < 1.29 is 0 Å². The van der Waals surface area contributed by atoms with Crippen LogP contribution in [0.25, 0.3) is 0 Å². The summed E-state index contributed by atoms with van der Waals surface area (Å²) >= 11 is 4.38. The number of rotatable bonds is 0. The molecule has 1 nitrogen and oxygen atoms in total. The summed E-state index contributed by atoms with van der Waals surface area (Å²) < 4.78 is 0.644. The molecule has 58 valence electrons. The minimum absolute atomic E-state index is 0.644. The van der Waals surface area contributed by atoms with E-state index in [9.17, 15) is 0 Å². The Bertz CT molecular complexity index is 113. The Morgan fingerprint density at radius 1 is 1.00 bits per heavy atom. The number of piperidine rings is 1. The second-order valence-electron chi connectivity index (χ2n) is 2.86. The number of thioether (sulfide) groups is 2. The minimum atomic E-state index is 0.644. The van der Waals surface area contributed by atoms with Crippen LogP contribution in [0.3, 0.4) is 0 Å². The number of hydrogen-bond acceptors (Lipinski definition) is 3. The lowest BCUT2D eigenvalue weighted by molar-refractivity contribution is 0.509. The molecule has 0 aliphatic carbocycles. The third-order valence-corrected chi connectivity index (χ3v) is 5.83. The zero-order chi connectivity index (χ0) is 6.86. The molecule has 2 aliphatic heterocycles. The lowest BCUT2D eigenvalue weighted by atomic mass is 10.1. The predicted molar refractivity (Wildman–Crippen MR) is 49.8 cm³/mol. The summed E-state index contributed by atoms with van der Waals surface area (Å²) in [6.07, 6.45) is 2.75. The second kappa shape index (κ2) is 2.95. The lowest BCUT2D eigenvalue weighted by Gasteiger charge is -2.31. The minimum Gasteiger partial charge on any atom is -0.317 e. The highest BCUT2D eigenvalue weighted by Crippen LogP contribution is 2.49. The quantitative estimate of drug-likeness (QED) is 0.600. The fourth-order valence-electron chi connectivity index (χ4n) is 1.59. The van der Waals surface area contributed by atoms with Gasteiger partial charge in [-0.05, 0) is 25.9 Å². The van der Waals surface area contributed by atoms with Crippen molar-refractivity contribution in [3.05, 3.63) is 0 Å². The topological polar surface area (TPSA) is 12.0 Å². The molecule has 0 saturated carbocycles. The van der Waals surface area contributed by atoms with E-state index in [1.807, 2.05) is 0 Å². The summed E-state index contributed by atoms with van der Waals surface area (Å²) in [7, 11) is 0. The smallest absolute Gasteiger partial charge is 0.0635 e. The van der Waals surface area contributed by atoms with Gasteiger partial charge in [-0.1, -0.05) is 0 Å². The molecule has 2 aliphatic rings. The van der Waals surface area contributed by atoms with E-state index < -0.39 is 0 Å². The molecule has 1 spiro atoms. The molecule has 0 amide bonds. The fraction of sp³-hybridized carbons (Fsp3) is 1.00. The zero-order valence-corrected chi connectivity index (χ0v) is 7.69. The van der Waals surface area contributed by atoms with Crippen LogP contribution >= 0.6 is 23.5 Å². The van der Waals surface area contributed by atoms with E-state index in [2.05, 4.69) is 28.8 Å². The van der Waals surface area contributed by atoms with Crippen molar-refractivity contribution in [2.75, 3.05) is 24.6 Å². The maximum atomic E-state index is 3.41. The van der Waals surface area contributed by atoms with Gasteiger partial charge in [-0.15, -0.1) is 23.5 Å². The van der Waals surface area contributed by atoms with Crippen LogP contribution in [0.1, 0.15) is 12.8 Å². The molecule has 1 N–H and O–H groups in total. The molecule has 2 saturated heterocycles. The summed E-state index contributed by atoms with van der Waals surface area (Å²) in [6, 6.07) is 0. The Morgan fingerprint density at radius 3 is 2.20 bits per heavy atom. The Morgan fingerprint density at radius 2 is 1.60 bits per heavy atom. The maximum absolute atomic E-state index is 3.41. The molecule has 0 atom stereocenters. The normalized spacial score (nSPS) is 31.2. The zero-order valence-electron chi connectivity index (χ0n) is 6.06. The molecule has 0 aromatic carbocycles. The molecule has 0 bridgehead atoms. The van der Waals surface area contributed by atoms with Gasteiger partial charge in [0.25, 0.3) is 0 Å². The van der Waals surface area contributed by atoms with Crippen LogP contribution in [0.4, 0.5) is 0 Å². The van der Waals surface area contributed by atoms with Gasteiger partial charge in [0.15, 0.2) is 0 Å². The van der Waals surface area contributed by atoms with Crippen LogP contribution in [-0.2, 0) is 0 Å². The van der Waals surface area contributed by atoms with Crippen molar-refractivity contribution in [2.45, 2.75) is 16.9 Å². The second-order valence-corrected chi connectivity index (χ2v) is 6.07. The maximum Gasteiger partial charge on any atom is 0.0635 e. The summed E-state index contributed by atoms with van der Waals surface area (Å²) in [5.74, 6) is 2.76. The Hall–Kier alpha value is 0.660. The predicted octanol–water partition coefficient (Wildman–Crippen LogP) is 1.55. The van der Waals surface area contributed by atoms with Gasteiger partial charge >= 0.3 is 0 Å². The number of nitrogens with one attached hydrogen (secondary N) is 1. The van der Waals surface area contributed by atoms with Crippen LogP contribution in [0.2, 0.25) is 0 Å². The molecule has 2 rings (SSSR count). The van der Waals surface area contributed by atoms with Crippen molar-refractivity contribution in [1.82, 2.24) is 5.32 Å². The molecular formula is C7H13NS2. The average Bonchev–Trinajstić information content (AvgIpc) is 2.39. The third kappa shape index (κ3) is 1.31. The van der Waals surface area contributed by atoms with Crippen molar-refractivity contribution in [1.29, 1.82) is 0 Å². The van der Waals surface area contributed by atoms with Crippen molar-refractivity contribution in [3.8, 4) is 0 Å². The Balaban J connectivity index is 1.98. The van der Waals surface area contributed by atoms with Crippen molar-refractivity contribution in [3.63, 3.8) is 0 Å². The van der Waals surface area contributed by atoms with Crippen LogP contribution in [0.15, 0.2) is 0 Å². The molecule has 3 heteroatoms. The summed E-state index contributed by atoms with van der Waals surface area (Å²) in [5, 5.41) is 3.41. The third-order valence-electron chi connectivity index (χ3n) is 2.18. The average molecular weight is 175 g/mol. The van der Waals surface area contributed by atoms with E-state index in [4.69, 9.17) is 0 Å². The van der Waals surface area contributed by atoms with Crippen LogP contribution in [0.5, 0.6) is 0 Å². The van der Waals surface area contributed by atoms with Gasteiger partial charge in [0.1, 0.15) is 0 Å². The van der Waals surface area contributed by atoms with Gasteiger partial charge in [0.2, 0.25) is 0 Å². The first-order chi connectivity index (χ1) is 4.91. The van der Waals surface area contributed by atoms with E-state index in [1.165, 1.54) is 37.4 Å².